The van der Waals surface area contributed by atoms with Gasteiger partial charge in [-0.3, -0.25) is 9.78 Å². The summed E-state index contributed by atoms with van der Waals surface area (Å²) in [6.07, 6.45) is 3.59. The molecule has 6 nitrogen and oxygen atoms in total. The van der Waals surface area contributed by atoms with Gasteiger partial charge in [0, 0.05) is 17.6 Å². The summed E-state index contributed by atoms with van der Waals surface area (Å²) >= 11 is 1.49. The second kappa shape index (κ2) is 7.74. The first kappa shape index (κ1) is 18.2. The first-order valence-corrected chi connectivity index (χ1v) is 9.23. The second-order valence-corrected chi connectivity index (χ2v) is 7.28. The van der Waals surface area contributed by atoms with Crippen molar-refractivity contribution in [2.24, 2.45) is 0 Å². The van der Waals surface area contributed by atoms with Gasteiger partial charge in [-0.15, -0.1) is 11.3 Å². The van der Waals surface area contributed by atoms with Crippen molar-refractivity contribution in [1.82, 2.24) is 20.3 Å². The number of rotatable bonds is 6. The van der Waals surface area contributed by atoms with E-state index in [9.17, 15) is 9.18 Å². The molecule has 0 unspecified atom stereocenters. The Labute approximate surface area is 154 Å². The molecule has 0 saturated heterocycles. The van der Waals surface area contributed by atoms with E-state index in [1.54, 1.807) is 6.20 Å². The maximum atomic E-state index is 13.4. The van der Waals surface area contributed by atoms with Crippen LogP contribution in [0.4, 0.5) is 10.3 Å². The number of pyridine rings is 1. The number of fused-ring (bicyclic) bond motifs is 1. The molecule has 1 atom stereocenters. The monoisotopic (exact) mass is 373 g/mol. The summed E-state index contributed by atoms with van der Waals surface area (Å²) in [7, 11) is 0. The lowest BCUT2D eigenvalue weighted by Gasteiger charge is -2.15. The molecule has 0 fully saturated rings. The molecule has 1 amide bonds. The second-order valence-electron chi connectivity index (χ2n) is 6.03. The molecule has 26 heavy (non-hydrogen) atoms. The van der Waals surface area contributed by atoms with Crippen molar-refractivity contribution >= 4 is 33.4 Å². The van der Waals surface area contributed by atoms with Crippen LogP contribution in [0.25, 0.3) is 10.2 Å². The number of aromatic nitrogens is 3. The molecule has 136 valence electrons. The zero-order valence-corrected chi connectivity index (χ0v) is 15.7. The van der Waals surface area contributed by atoms with E-state index in [4.69, 9.17) is 0 Å². The van der Waals surface area contributed by atoms with Crippen LogP contribution in [-0.2, 0) is 0 Å². The van der Waals surface area contributed by atoms with E-state index in [0.29, 0.717) is 23.8 Å². The molecule has 0 bridgehead atoms. The standard InChI is InChI=1S/C18H20FN5OS/c1-4-5-21-17(25)15-16-14(6-10(2)26-16)23-18(24-15)22-11(3)12-7-13(19)9-20-8-12/h6-9,11H,4-5H2,1-3H3,(H,21,25)(H,22,23,24)/t11-/m0/s1. The first-order chi connectivity index (χ1) is 12.5. The van der Waals surface area contributed by atoms with Crippen molar-refractivity contribution < 1.29 is 9.18 Å². The minimum atomic E-state index is -0.402. The van der Waals surface area contributed by atoms with Crippen LogP contribution in [0.15, 0.2) is 24.5 Å². The maximum absolute atomic E-state index is 13.4. The van der Waals surface area contributed by atoms with Gasteiger partial charge < -0.3 is 10.6 Å². The SMILES string of the molecule is CCCNC(=O)c1nc(N[C@@H](C)c2cncc(F)c2)nc2cc(C)sc12. The zero-order chi connectivity index (χ0) is 18.7. The van der Waals surface area contributed by atoms with Crippen LogP contribution in [0.2, 0.25) is 0 Å². The Hall–Kier alpha value is -2.61. The predicted octanol–water partition coefficient (Wildman–Crippen LogP) is 3.85. The molecule has 3 heterocycles. The summed E-state index contributed by atoms with van der Waals surface area (Å²) in [5.41, 5.74) is 1.75. The van der Waals surface area contributed by atoms with E-state index in [1.807, 2.05) is 26.8 Å². The van der Waals surface area contributed by atoms with Gasteiger partial charge in [-0.25, -0.2) is 14.4 Å². The van der Waals surface area contributed by atoms with Gasteiger partial charge in [-0.2, -0.15) is 0 Å². The Morgan fingerprint density at radius 2 is 2.12 bits per heavy atom. The number of carbonyl (C=O) groups is 1. The molecule has 0 aliphatic heterocycles. The Morgan fingerprint density at radius 1 is 1.31 bits per heavy atom. The zero-order valence-electron chi connectivity index (χ0n) is 14.8. The quantitative estimate of drug-likeness (QED) is 0.686. The molecule has 0 aliphatic rings. The number of anilines is 1. The van der Waals surface area contributed by atoms with Gasteiger partial charge in [0.05, 0.1) is 22.5 Å². The van der Waals surface area contributed by atoms with Crippen molar-refractivity contribution in [1.29, 1.82) is 0 Å². The average Bonchev–Trinajstić information content (AvgIpc) is 2.99. The van der Waals surface area contributed by atoms with Gasteiger partial charge in [-0.05, 0) is 38.0 Å². The van der Waals surface area contributed by atoms with Crippen molar-refractivity contribution in [3.63, 3.8) is 0 Å². The molecular weight excluding hydrogens is 353 g/mol. The fourth-order valence-electron chi connectivity index (χ4n) is 2.53. The molecule has 3 rings (SSSR count). The van der Waals surface area contributed by atoms with Crippen molar-refractivity contribution in [2.75, 3.05) is 11.9 Å². The smallest absolute Gasteiger partial charge is 0.271 e. The maximum Gasteiger partial charge on any atom is 0.271 e. The lowest BCUT2D eigenvalue weighted by molar-refractivity contribution is 0.0950. The predicted molar refractivity (Wildman–Crippen MR) is 101 cm³/mol. The van der Waals surface area contributed by atoms with Crippen LogP contribution in [0, 0.1) is 12.7 Å². The first-order valence-electron chi connectivity index (χ1n) is 8.41. The molecule has 0 radical (unpaired) electrons. The number of nitrogens with zero attached hydrogens (tertiary/aromatic N) is 3. The van der Waals surface area contributed by atoms with E-state index >= 15 is 0 Å². The highest BCUT2D eigenvalue weighted by Gasteiger charge is 2.18. The van der Waals surface area contributed by atoms with E-state index in [-0.39, 0.29) is 11.9 Å². The number of halogens is 1. The number of hydrogen-bond donors (Lipinski definition) is 2. The topological polar surface area (TPSA) is 79.8 Å². The fraction of sp³-hybridized carbons (Fsp3) is 0.333. The number of thiophene rings is 1. The molecule has 0 aliphatic carbocycles. The highest BCUT2D eigenvalue weighted by Crippen LogP contribution is 2.28. The van der Waals surface area contributed by atoms with Crippen LogP contribution in [0.3, 0.4) is 0 Å². The molecular formula is C18H20FN5OS. The third kappa shape index (κ3) is 3.96. The van der Waals surface area contributed by atoms with E-state index in [0.717, 1.165) is 27.7 Å². The average molecular weight is 373 g/mol. The third-order valence-corrected chi connectivity index (χ3v) is 4.86. The van der Waals surface area contributed by atoms with Gasteiger partial charge in [0.25, 0.3) is 5.91 Å². The number of aryl methyl sites for hydroxylation is 1. The lowest BCUT2D eigenvalue weighted by atomic mass is 10.1. The number of carbonyl (C=O) groups excluding carboxylic acids is 1. The highest BCUT2D eigenvalue weighted by atomic mass is 32.1. The van der Waals surface area contributed by atoms with Gasteiger partial charge in [0.2, 0.25) is 5.95 Å². The third-order valence-electron chi connectivity index (χ3n) is 3.82. The van der Waals surface area contributed by atoms with Crippen LogP contribution in [-0.4, -0.2) is 27.4 Å². The van der Waals surface area contributed by atoms with Gasteiger partial charge in [-0.1, -0.05) is 6.92 Å². The summed E-state index contributed by atoms with van der Waals surface area (Å²) in [5.74, 6) is -0.293. The molecule has 8 heteroatoms. The number of nitrogens with one attached hydrogen (secondary N) is 2. The van der Waals surface area contributed by atoms with E-state index in [2.05, 4.69) is 25.6 Å². The van der Waals surface area contributed by atoms with Crippen LogP contribution in [0.5, 0.6) is 0 Å². The van der Waals surface area contributed by atoms with Gasteiger partial charge >= 0.3 is 0 Å². The number of hydrogen-bond acceptors (Lipinski definition) is 6. The molecule has 0 aromatic carbocycles. The fourth-order valence-corrected chi connectivity index (χ4v) is 3.47. The van der Waals surface area contributed by atoms with Gasteiger partial charge in [0.1, 0.15) is 5.82 Å². The molecule has 0 saturated carbocycles. The number of amides is 1. The Bertz CT molecular complexity index is 942. The summed E-state index contributed by atoms with van der Waals surface area (Å²) in [4.78, 5) is 26.3. The van der Waals surface area contributed by atoms with Crippen molar-refractivity contribution in [3.05, 3.63) is 46.5 Å². The minimum Gasteiger partial charge on any atom is -0.351 e. The van der Waals surface area contributed by atoms with Crippen molar-refractivity contribution in [3.8, 4) is 0 Å². The van der Waals surface area contributed by atoms with Crippen LogP contribution in [0.1, 0.15) is 47.2 Å². The molecule has 3 aromatic rings. The van der Waals surface area contributed by atoms with Gasteiger partial charge in [0.15, 0.2) is 5.69 Å². The van der Waals surface area contributed by atoms with E-state index in [1.165, 1.54) is 17.4 Å². The van der Waals surface area contributed by atoms with Crippen LogP contribution >= 0.6 is 11.3 Å². The van der Waals surface area contributed by atoms with E-state index < -0.39 is 5.82 Å². The molecule has 2 N–H and O–H groups in total. The summed E-state index contributed by atoms with van der Waals surface area (Å²) in [6, 6.07) is 3.08. The molecule has 3 aromatic heterocycles. The summed E-state index contributed by atoms with van der Waals surface area (Å²) in [6.45, 7) is 6.41. The lowest BCUT2D eigenvalue weighted by Crippen LogP contribution is -2.25. The summed E-state index contributed by atoms with van der Waals surface area (Å²) < 4.78 is 14.2. The highest BCUT2D eigenvalue weighted by molar-refractivity contribution is 7.19. The van der Waals surface area contributed by atoms with Crippen LogP contribution < -0.4 is 10.6 Å². The largest absolute Gasteiger partial charge is 0.351 e. The summed E-state index contributed by atoms with van der Waals surface area (Å²) in [5, 5.41) is 5.99. The normalized spacial score (nSPS) is 12.2. The molecule has 0 spiro atoms. The minimum absolute atomic E-state index is 0.218. The van der Waals surface area contributed by atoms with Crippen molar-refractivity contribution in [2.45, 2.75) is 33.2 Å². The Kier molecular flexibility index (Phi) is 5.41. The Morgan fingerprint density at radius 3 is 2.85 bits per heavy atom. The Balaban J connectivity index is 1.94.